The number of benzene rings is 1. The minimum absolute atomic E-state index is 0.0287. The molecule has 1 aromatic rings. The molecule has 0 atom stereocenters. The van der Waals surface area contributed by atoms with Gasteiger partial charge in [-0.25, -0.2) is 4.39 Å². The molecule has 0 aliphatic heterocycles. The van der Waals surface area contributed by atoms with Crippen LogP contribution in [0, 0.1) is 5.82 Å². The monoisotopic (exact) mass is 225 g/mol. The summed E-state index contributed by atoms with van der Waals surface area (Å²) in [6.07, 6.45) is 0.0287. The van der Waals surface area contributed by atoms with Crippen LogP contribution >= 0.6 is 0 Å². The summed E-state index contributed by atoms with van der Waals surface area (Å²) in [6.45, 7) is 0.101. The molecule has 16 heavy (non-hydrogen) atoms. The van der Waals surface area contributed by atoms with Gasteiger partial charge >= 0.3 is 0 Å². The summed E-state index contributed by atoms with van der Waals surface area (Å²) in [6, 6.07) is 3.95. The summed E-state index contributed by atoms with van der Waals surface area (Å²) in [7, 11) is 0. The predicted octanol–water partition coefficient (Wildman–Crippen LogP) is 0.0131. The van der Waals surface area contributed by atoms with Crippen LogP contribution in [0.3, 0.4) is 0 Å². The Morgan fingerprint density at radius 1 is 1.38 bits per heavy atom. The zero-order valence-corrected chi connectivity index (χ0v) is 8.50. The molecule has 0 spiro atoms. The lowest BCUT2D eigenvalue weighted by atomic mass is 10.1. The topological polar surface area (TPSA) is 98.2 Å². The van der Waals surface area contributed by atoms with Gasteiger partial charge in [-0.15, -0.1) is 0 Å². The number of para-hydroxylation sites is 1. The standard InChI is InChI=1S/C10H12FN3O2/c11-7-3-1-2-6(9(7)13)10(16)14-5-4-8(12)15/h1-3H,4-5,13H2,(H2,12,15)(H,14,16). The second-order valence-electron chi connectivity index (χ2n) is 3.17. The van der Waals surface area contributed by atoms with E-state index in [9.17, 15) is 14.0 Å². The van der Waals surface area contributed by atoms with Crippen LogP contribution in [0.1, 0.15) is 16.8 Å². The third kappa shape index (κ3) is 2.94. The van der Waals surface area contributed by atoms with Crippen molar-refractivity contribution in [1.82, 2.24) is 5.32 Å². The molecule has 0 aliphatic carbocycles. The third-order valence-corrected chi connectivity index (χ3v) is 1.95. The Morgan fingerprint density at radius 2 is 2.06 bits per heavy atom. The largest absolute Gasteiger partial charge is 0.396 e. The van der Waals surface area contributed by atoms with Crippen LogP contribution in [0.4, 0.5) is 10.1 Å². The Morgan fingerprint density at radius 3 is 2.69 bits per heavy atom. The van der Waals surface area contributed by atoms with Gasteiger partial charge in [0.2, 0.25) is 5.91 Å². The van der Waals surface area contributed by atoms with Gasteiger partial charge in [0.1, 0.15) is 5.82 Å². The summed E-state index contributed by atoms with van der Waals surface area (Å²) < 4.78 is 13.0. The molecular formula is C10H12FN3O2. The first-order chi connectivity index (χ1) is 7.52. The molecule has 0 fully saturated rings. The zero-order chi connectivity index (χ0) is 12.1. The van der Waals surface area contributed by atoms with Crippen molar-refractivity contribution in [2.45, 2.75) is 6.42 Å². The van der Waals surface area contributed by atoms with Crippen molar-refractivity contribution in [2.24, 2.45) is 5.73 Å². The molecule has 2 amide bonds. The van der Waals surface area contributed by atoms with Crippen molar-refractivity contribution in [1.29, 1.82) is 0 Å². The van der Waals surface area contributed by atoms with Crippen LogP contribution in [0.15, 0.2) is 18.2 Å². The lowest BCUT2D eigenvalue weighted by molar-refractivity contribution is -0.117. The lowest BCUT2D eigenvalue weighted by Crippen LogP contribution is -2.28. The second-order valence-corrected chi connectivity index (χ2v) is 3.17. The number of nitrogens with two attached hydrogens (primary N) is 2. The van der Waals surface area contributed by atoms with E-state index in [0.29, 0.717) is 0 Å². The van der Waals surface area contributed by atoms with Crippen LogP contribution in [0.2, 0.25) is 0 Å². The van der Waals surface area contributed by atoms with Gasteiger partial charge in [0.25, 0.3) is 5.91 Å². The Balaban J connectivity index is 2.66. The molecule has 5 N–H and O–H groups in total. The number of rotatable bonds is 4. The highest BCUT2D eigenvalue weighted by Crippen LogP contribution is 2.15. The fraction of sp³-hybridized carbons (Fsp3) is 0.200. The van der Waals surface area contributed by atoms with Gasteiger partial charge in [0.15, 0.2) is 0 Å². The minimum atomic E-state index is -0.650. The fourth-order valence-corrected chi connectivity index (χ4v) is 1.13. The number of carbonyl (C=O) groups is 2. The third-order valence-electron chi connectivity index (χ3n) is 1.95. The van der Waals surface area contributed by atoms with Crippen molar-refractivity contribution >= 4 is 17.5 Å². The van der Waals surface area contributed by atoms with E-state index >= 15 is 0 Å². The highest BCUT2D eigenvalue weighted by atomic mass is 19.1. The number of anilines is 1. The van der Waals surface area contributed by atoms with E-state index in [1.807, 2.05) is 0 Å². The number of hydrogen-bond acceptors (Lipinski definition) is 3. The number of amides is 2. The average Bonchev–Trinajstić information content (AvgIpc) is 2.21. The molecular weight excluding hydrogens is 213 g/mol. The molecule has 0 bridgehead atoms. The van der Waals surface area contributed by atoms with Gasteiger partial charge in [0, 0.05) is 13.0 Å². The first-order valence-corrected chi connectivity index (χ1v) is 4.63. The zero-order valence-electron chi connectivity index (χ0n) is 8.50. The number of halogens is 1. The van der Waals surface area contributed by atoms with Crippen LogP contribution in [0.5, 0.6) is 0 Å². The minimum Gasteiger partial charge on any atom is -0.396 e. The maximum Gasteiger partial charge on any atom is 0.253 e. The van der Waals surface area contributed by atoms with Crippen molar-refractivity contribution < 1.29 is 14.0 Å². The molecule has 0 saturated heterocycles. The van der Waals surface area contributed by atoms with E-state index in [1.165, 1.54) is 12.1 Å². The number of carbonyl (C=O) groups excluding carboxylic acids is 2. The summed E-state index contributed by atoms with van der Waals surface area (Å²) in [5, 5.41) is 2.41. The van der Waals surface area contributed by atoms with Gasteiger partial charge in [-0.05, 0) is 12.1 Å². The Hall–Kier alpha value is -2.11. The van der Waals surface area contributed by atoms with E-state index in [-0.39, 0.29) is 24.2 Å². The maximum atomic E-state index is 13.0. The van der Waals surface area contributed by atoms with E-state index in [0.717, 1.165) is 6.07 Å². The van der Waals surface area contributed by atoms with Crippen LogP contribution < -0.4 is 16.8 Å². The first-order valence-electron chi connectivity index (χ1n) is 4.63. The molecule has 0 unspecified atom stereocenters. The van der Waals surface area contributed by atoms with E-state index in [2.05, 4.69) is 5.32 Å². The quantitative estimate of drug-likeness (QED) is 0.629. The summed E-state index contributed by atoms with van der Waals surface area (Å²) >= 11 is 0. The van der Waals surface area contributed by atoms with Gasteiger partial charge in [-0.2, -0.15) is 0 Å². The van der Waals surface area contributed by atoms with Crippen molar-refractivity contribution in [3.05, 3.63) is 29.6 Å². The number of hydrogen-bond donors (Lipinski definition) is 3. The Kier molecular flexibility index (Phi) is 3.82. The van der Waals surface area contributed by atoms with E-state index in [4.69, 9.17) is 11.5 Å². The number of nitrogen functional groups attached to an aromatic ring is 1. The highest BCUT2D eigenvalue weighted by molar-refractivity contribution is 5.99. The van der Waals surface area contributed by atoms with Crippen molar-refractivity contribution in [2.75, 3.05) is 12.3 Å². The SMILES string of the molecule is NC(=O)CCNC(=O)c1cccc(F)c1N. The van der Waals surface area contributed by atoms with E-state index < -0.39 is 17.6 Å². The van der Waals surface area contributed by atoms with Crippen LogP contribution in [-0.2, 0) is 4.79 Å². The lowest BCUT2D eigenvalue weighted by Gasteiger charge is -2.06. The molecule has 0 heterocycles. The average molecular weight is 225 g/mol. The van der Waals surface area contributed by atoms with Gasteiger partial charge in [-0.3, -0.25) is 9.59 Å². The molecule has 0 radical (unpaired) electrons. The molecule has 86 valence electrons. The molecule has 0 aromatic heterocycles. The normalized spacial score (nSPS) is 9.81. The summed E-state index contributed by atoms with van der Waals surface area (Å²) in [4.78, 5) is 21.9. The highest BCUT2D eigenvalue weighted by Gasteiger charge is 2.11. The van der Waals surface area contributed by atoms with Gasteiger partial charge in [-0.1, -0.05) is 6.07 Å². The molecule has 6 heteroatoms. The van der Waals surface area contributed by atoms with Crippen LogP contribution in [-0.4, -0.2) is 18.4 Å². The van der Waals surface area contributed by atoms with Crippen LogP contribution in [0.25, 0.3) is 0 Å². The van der Waals surface area contributed by atoms with Gasteiger partial charge < -0.3 is 16.8 Å². The first kappa shape index (κ1) is 12.0. The summed E-state index contributed by atoms with van der Waals surface area (Å²) in [5.74, 6) is -1.70. The molecule has 1 rings (SSSR count). The number of nitrogens with one attached hydrogen (secondary N) is 1. The van der Waals surface area contributed by atoms with Crippen molar-refractivity contribution in [3.8, 4) is 0 Å². The molecule has 0 aliphatic rings. The Labute approximate surface area is 91.6 Å². The smallest absolute Gasteiger partial charge is 0.253 e. The molecule has 1 aromatic carbocycles. The van der Waals surface area contributed by atoms with Crippen molar-refractivity contribution in [3.63, 3.8) is 0 Å². The molecule has 5 nitrogen and oxygen atoms in total. The van der Waals surface area contributed by atoms with Gasteiger partial charge in [0.05, 0.1) is 11.3 Å². The Bertz CT molecular complexity index is 421. The predicted molar refractivity (Wildman–Crippen MR) is 57.0 cm³/mol. The second kappa shape index (κ2) is 5.11. The number of primary amides is 1. The summed E-state index contributed by atoms with van der Waals surface area (Å²) in [5.41, 5.74) is 10.1. The van der Waals surface area contributed by atoms with E-state index in [1.54, 1.807) is 0 Å². The maximum absolute atomic E-state index is 13.0. The molecule has 0 saturated carbocycles. The fourth-order valence-electron chi connectivity index (χ4n) is 1.13.